The van der Waals surface area contributed by atoms with Crippen LogP contribution in [0.2, 0.25) is 0 Å². The van der Waals surface area contributed by atoms with Gasteiger partial charge in [0.1, 0.15) is 0 Å². The predicted molar refractivity (Wildman–Crippen MR) is 90.1 cm³/mol. The molecule has 6 nitrogen and oxygen atoms in total. The van der Waals surface area contributed by atoms with Gasteiger partial charge in [0, 0.05) is 43.5 Å². The number of carbonyl (C=O) groups is 1. The monoisotopic (exact) mass is 319 g/mol. The van der Waals surface area contributed by atoms with Crippen molar-refractivity contribution >= 4 is 5.91 Å². The topological polar surface area (TPSA) is 55.5 Å². The lowest BCUT2D eigenvalue weighted by atomic mass is 10.1. The number of nitrogens with zero attached hydrogens (tertiary/aromatic N) is 4. The zero-order valence-corrected chi connectivity index (χ0v) is 14.8. The molecule has 0 bridgehead atoms. The Morgan fingerprint density at radius 2 is 1.91 bits per heavy atom. The number of hydrogen-bond acceptors (Lipinski definition) is 4. The quantitative estimate of drug-likeness (QED) is 0.923. The van der Waals surface area contributed by atoms with Gasteiger partial charge in [0.05, 0.1) is 0 Å². The van der Waals surface area contributed by atoms with Crippen molar-refractivity contribution in [2.45, 2.75) is 46.1 Å². The molecule has 1 N–H and O–H groups in total. The number of nitrogens with one attached hydrogen (secondary N) is 1. The minimum Gasteiger partial charge on any atom is -0.304 e. The normalized spacial score (nSPS) is 26.6. The van der Waals surface area contributed by atoms with Gasteiger partial charge >= 0.3 is 0 Å². The summed E-state index contributed by atoms with van der Waals surface area (Å²) in [5.74, 6) is 0.764. The number of amides is 1. The van der Waals surface area contributed by atoms with E-state index < -0.39 is 0 Å². The smallest absolute Gasteiger partial charge is 0.289 e. The Kier molecular flexibility index (Phi) is 4.73. The number of aryl methyl sites for hydroxylation is 1. The van der Waals surface area contributed by atoms with E-state index in [2.05, 4.69) is 34.1 Å². The van der Waals surface area contributed by atoms with Crippen LogP contribution in [0.15, 0.2) is 0 Å². The van der Waals surface area contributed by atoms with E-state index in [0.29, 0.717) is 17.7 Å². The third-order valence-electron chi connectivity index (χ3n) is 5.46. The van der Waals surface area contributed by atoms with Gasteiger partial charge in [0.2, 0.25) is 0 Å². The second-order valence-corrected chi connectivity index (χ2v) is 7.30. The molecule has 6 heteroatoms. The van der Waals surface area contributed by atoms with Crippen LogP contribution in [0.1, 0.15) is 47.9 Å². The molecule has 1 aromatic rings. The summed E-state index contributed by atoms with van der Waals surface area (Å²) in [5.41, 5.74) is 2.53. The highest BCUT2D eigenvalue weighted by Crippen LogP contribution is 2.31. The van der Waals surface area contributed by atoms with Crippen molar-refractivity contribution in [1.29, 1.82) is 0 Å². The molecule has 1 saturated heterocycles. The first-order valence-corrected chi connectivity index (χ1v) is 8.76. The van der Waals surface area contributed by atoms with Crippen LogP contribution in [0.3, 0.4) is 0 Å². The number of aromatic nitrogens is 2. The van der Waals surface area contributed by atoms with E-state index in [4.69, 9.17) is 0 Å². The lowest BCUT2D eigenvalue weighted by Crippen LogP contribution is -2.57. The summed E-state index contributed by atoms with van der Waals surface area (Å²) in [5, 5.41) is 11.5. The fraction of sp³-hybridized carbons (Fsp3) is 0.765. The molecule has 1 aliphatic carbocycles. The first-order chi connectivity index (χ1) is 11.0. The highest BCUT2D eigenvalue weighted by molar-refractivity contribution is 5.93. The molecule has 128 valence electrons. The molecule has 23 heavy (non-hydrogen) atoms. The molecule has 3 rings (SSSR count). The molecule has 2 unspecified atom stereocenters. The number of H-pyrrole nitrogens is 1. The summed E-state index contributed by atoms with van der Waals surface area (Å²) < 4.78 is 0. The average molecular weight is 319 g/mol. The van der Waals surface area contributed by atoms with Crippen LogP contribution in [-0.4, -0.2) is 70.3 Å². The Labute approximate surface area is 138 Å². The number of carbonyl (C=O) groups excluding carboxylic acids is 1. The van der Waals surface area contributed by atoms with Gasteiger partial charge in [-0.1, -0.05) is 6.92 Å². The zero-order valence-electron chi connectivity index (χ0n) is 14.8. The lowest BCUT2D eigenvalue weighted by molar-refractivity contribution is -0.0574. The molecule has 2 fully saturated rings. The Hall–Kier alpha value is -1.40. The Bertz CT molecular complexity index is 561. The SMILES string of the molecule is Cc1[nH]nc(C(=O)N(C2CCC(C)C2)N2CCN(C)CC2)c1C. The number of piperazine rings is 1. The predicted octanol–water partition coefficient (Wildman–Crippen LogP) is 1.82. The zero-order chi connectivity index (χ0) is 16.6. The first kappa shape index (κ1) is 16.5. The van der Waals surface area contributed by atoms with Crippen molar-refractivity contribution in [2.75, 3.05) is 33.2 Å². The van der Waals surface area contributed by atoms with Gasteiger partial charge in [-0.25, -0.2) is 5.01 Å². The number of aromatic amines is 1. The van der Waals surface area contributed by atoms with Crippen LogP contribution in [0.4, 0.5) is 0 Å². The van der Waals surface area contributed by atoms with E-state index in [1.165, 1.54) is 6.42 Å². The van der Waals surface area contributed by atoms with Gasteiger partial charge in [-0.2, -0.15) is 5.10 Å². The molecule has 1 amide bonds. The molecule has 0 spiro atoms. The Balaban J connectivity index is 1.85. The number of hydrogen-bond donors (Lipinski definition) is 1. The van der Waals surface area contributed by atoms with Gasteiger partial charge in [-0.3, -0.25) is 14.9 Å². The van der Waals surface area contributed by atoms with Crippen molar-refractivity contribution in [3.8, 4) is 0 Å². The van der Waals surface area contributed by atoms with Crippen molar-refractivity contribution in [2.24, 2.45) is 5.92 Å². The molecule has 0 radical (unpaired) electrons. The third-order valence-corrected chi connectivity index (χ3v) is 5.46. The fourth-order valence-electron chi connectivity index (χ4n) is 3.74. The minimum absolute atomic E-state index is 0.0653. The van der Waals surface area contributed by atoms with E-state index >= 15 is 0 Å². The second-order valence-electron chi connectivity index (χ2n) is 7.30. The third kappa shape index (κ3) is 3.28. The fourth-order valence-corrected chi connectivity index (χ4v) is 3.74. The maximum absolute atomic E-state index is 13.2. The minimum atomic E-state index is 0.0653. The average Bonchev–Trinajstić information content (AvgIpc) is 3.09. The van der Waals surface area contributed by atoms with Gasteiger partial charge in [-0.05, 0) is 46.1 Å². The van der Waals surface area contributed by atoms with E-state index in [1.54, 1.807) is 0 Å². The van der Waals surface area contributed by atoms with Crippen LogP contribution < -0.4 is 0 Å². The van der Waals surface area contributed by atoms with Gasteiger partial charge in [0.25, 0.3) is 5.91 Å². The van der Waals surface area contributed by atoms with Crippen molar-refractivity contribution in [1.82, 2.24) is 25.1 Å². The second kappa shape index (κ2) is 6.61. The molecular formula is C17H29N5O. The molecule has 2 aliphatic rings. The van der Waals surface area contributed by atoms with Gasteiger partial charge < -0.3 is 4.90 Å². The summed E-state index contributed by atoms with van der Waals surface area (Å²) in [6.45, 7) is 10.1. The van der Waals surface area contributed by atoms with Crippen LogP contribution in [0.5, 0.6) is 0 Å². The summed E-state index contributed by atoms with van der Waals surface area (Å²) in [6, 6.07) is 0.317. The van der Waals surface area contributed by atoms with Crippen molar-refractivity contribution < 1.29 is 4.79 Å². The summed E-state index contributed by atoms with van der Waals surface area (Å²) in [4.78, 5) is 15.6. The number of likely N-dealkylation sites (N-methyl/N-ethyl adjacent to an activating group) is 1. The summed E-state index contributed by atoms with van der Waals surface area (Å²) in [7, 11) is 2.14. The molecule has 2 heterocycles. The van der Waals surface area contributed by atoms with E-state index in [-0.39, 0.29) is 5.91 Å². The van der Waals surface area contributed by atoms with Crippen molar-refractivity contribution in [3.63, 3.8) is 0 Å². The standard InChI is InChI=1S/C17H29N5O/c1-12-5-6-15(11-12)22(21-9-7-20(4)8-10-21)17(23)16-13(2)14(3)18-19-16/h12,15H,5-11H2,1-4H3,(H,18,19). The Morgan fingerprint density at radius 1 is 1.22 bits per heavy atom. The van der Waals surface area contributed by atoms with Crippen molar-refractivity contribution in [3.05, 3.63) is 17.0 Å². The van der Waals surface area contributed by atoms with Crippen LogP contribution in [-0.2, 0) is 0 Å². The first-order valence-electron chi connectivity index (χ1n) is 8.76. The number of hydrazine groups is 1. The molecule has 2 atom stereocenters. The molecule has 1 aromatic heterocycles. The highest BCUT2D eigenvalue weighted by atomic mass is 16.2. The van der Waals surface area contributed by atoms with Gasteiger partial charge in [-0.15, -0.1) is 0 Å². The van der Waals surface area contributed by atoms with Crippen LogP contribution in [0, 0.1) is 19.8 Å². The Morgan fingerprint density at radius 3 is 2.43 bits per heavy atom. The van der Waals surface area contributed by atoms with E-state index in [0.717, 1.165) is 50.3 Å². The van der Waals surface area contributed by atoms with E-state index in [9.17, 15) is 4.79 Å². The number of rotatable bonds is 3. The van der Waals surface area contributed by atoms with Crippen LogP contribution in [0.25, 0.3) is 0 Å². The maximum atomic E-state index is 13.2. The highest BCUT2D eigenvalue weighted by Gasteiger charge is 2.36. The largest absolute Gasteiger partial charge is 0.304 e. The molecule has 1 saturated carbocycles. The molecular weight excluding hydrogens is 290 g/mol. The lowest BCUT2D eigenvalue weighted by Gasteiger charge is -2.43. The summed E-state index contributed by atoms with van der Waals surface area (Å²) in [6.07, 6.45) is 3.41. The van der Waals surface area contributed by atoms with E-state index in [1.807, 2.05) is 18.9 Å². The van der Waals surface area contributed by atoms with Gasteiger partial charge in [0.15, 0.2) is 5.69 Å². The summed E-state index contributed by atoms with van der Waals surface area (Å²) >= 11 is 0. The molecule has 0 aromatic carbocycles. The molecule has 1 aliphatic heterocycles. The maximum Gasteiger partial charge on any atom is 0.289 e. The van der Waals surface area contributed by atoms with Crippen LogP contribution >= 0.6 is 0 Å².